The summed E-state index contributed by atoms with van der Waals surface area (Å²) in [5.74, 6) is 0.597. The van der Waals surface area contributed by atoms with E-state index in [9.17, 15) is 0 Å². The predicted octanol–water partition coefficient (Wildman–Crippen LogP) is 5.25. The molecule has 108 valence electrons. The molecule has 0 saturated carbocycles. The van der Waals surface area contributed by atoms with Crippen molar-refractivity contribution in [3.8, 4) is 17.1 Å². The highest BCUT2D eigenvalue weighted by Gasteiger charge is 2.12. The van der Waals surface area contributed by atoms with Gasteiger partial charge in [-0.3, -0.25) is 0 Å². The molecule has 4 rings (SSSR count). The lowest BCUT2D eigenvalue weighted by atomic mass is 10.1. The zero-order valence-corrected chi connectivity index (χ0v) is 12.7. The van der Waals surface area contributed by atoms with E-state index in [0.29, 0.717) is 10.9 Å². The molecular formula is C18H13ClN2O. The Morgan fingerprint density at radius 2 is 1.86 bits per heavy atom. The fraction of sp³-hybridized carbons (Fsp3) is 0.0556. The molecule has 4 aromatic rings. The minimum Gasteiger partial charge on any atom is -0.436 e. The summed E-state index contributed by atoms with van der Waals surface area (Å²) in [5, 5.41) is 0.716. The average molecular weight is 309 g/mol. The van der Waals surface area contributed by atoms with Crippen LogP contribution in [0.4, 0.5) is 0 Å². The molecule has 0 aliphatic carbocycles. The first-order chi connectivity index (χ1) is 10.7. The van der Waals surface area contributed by atoms with E-state index in [-0.39, 0.29) is 0 Å². The summed E-state index contributed by atoms with van der Waals surface area (Å²) in [6.07, 6.45) is 4.00. The molecule has 0 unspecified atom stereocenters. The summed E-state index contributed by atoms with van der Waals surface area (Å²) in [6, 6.07) is 15.7. The van der Waals surface area contributed by atoms with E-state index in [1.807, 2.05) is 72.4 Å². The van der Waals surface area contributed by atoms with E-state index in [4.69, 9.17) is 16.0 Å². The summed E-state index contributed by atoms with van der Waals surface area (Å²) in [7, 11) is 0. The van der Waals surface area contributed by atoms with Gasteiger partial charge in [-0.25, -0.2) is 4.98 Å². The lowest BCUT2D eigenvalue weighted by molar-refractivity contribution is 0.619. The van der Waals surface area contributed by atoms with Gasteiger partial charge < -0.3 is 8.98 Å². The third-order valence-electron chi connectivity index (χ3n) is 3.77. The molecule has 0 atom stereocenters. The molecular weight excluding hydrogens is 296 g/mol. The number of hydrogen-bond donors (Lipinski definition) is 0. The average Bonchev–Trinajstić information content (AvgIpc) is 3.17. The van der Waals surface area contributed by atoms with Crippen molar-refractivity contribution in [2.75, 3.05) is 0 Å². The SMILES string of the molecule is Cc1c(Cl)cccc1-c1nc2ccc(-n3cccc3)cc2o1. The highest BCUT2D eigenvalue weighted by atomic mass is 35.5. The standard InChI is InChI=1S/C18H13ClN2O/c1-12-14(5-4-6-15(12)19)18-20-16-8-7-13(11-17(16)22-18)21-9-2-3-10-21/h2-11H,1H3. The molecule has 0 fully saturated rings. The van der Waals surface area contributed by atoms with Gasteiger partial charge in [-0.2, -0.15) is 0 Å². The first-order valence-corrected chi connectivity index (χ1v) is 7.39. The van der Waals surface area contributed by atoms with Crippen LogP contribution in [0, 0.1) is 6.92 Å². The Bertz CT molecular complexity index is 955. The maximum absolute atomic E-state index is 6.18. The second-order valence-corrected chi connectivity index (χ2v) is 5.58. The summed E-state index contributed by atoms with van der Waals surface area (Å²) < 4.78 is 7.98. The second kappa shape index (κ2) is 5.04. The van der Waals surface area contributed by atoms with Crippen molar-refractivity contribution in [1.82, 2.24) is 9.55 Å². The number of fused-ring (bicyclic) bond motifs is 1. The monoisotopic (exact) mass is 308 g/mol. The van der Waals surface area contributed by atoms with E-state index in [1.165, 1.54) is 0 Å². The van der Waals surface area contributed by atoms with Gasteiger partial charge in [0.1, 0.15) is 5.52 Å². The van der Waals surface area contributed by atoms with Crippen LogP contribution in [0.25, 0.3) is 28.2 Å². The normalized spacial score (nSPS) is 11.2. The van der Waals surface area contributed by atoms with Crippen molar-refractivity contribution < 1.29 is 4.42 Å². The Kier molecular flexibility index (Phi) is 3.01. The van der Waals surface area contributed by atoms with Gasteiger partial charge in [0, 0.05) is 34.7 Å². The van der Waals surface area contributed by atoms with Crippen molar-refractivity contribution in [2.24, 2.45) is 0 Å². The number of hydrogen-bond acceptors (Lipinski definition) is 2. The van der Waals surface area contributed by atoms with Gasteiger partial charge in [0.2, 0.25) is 5.89 Å². The zero-order valence-electron chi connectivity index (χ0n) is 12.0. The van der Waals surface area contributed by atoms with Gasteiger partial charge >= 0.3 is 0 Å². The van der Waals surface area contributed by atoms with Crippen LogP contribution < -0.4 is 0 Å². The fourth-order valence-electron chi connectivity index (χ4n) is 2.53. The first-order valence-electron chi connectivity index (χ1n) is 7.02. The zero-order chi connectivity index (χ0) is 15.1. The number of halogens is 1. The molecule has 3 nitrogen and oxygen atoms in total. The van der Waals surface area contributed by atoms with Crippen molar-refractivity contribution in [3.05, 3.63) is 71.5 Å². The Morgan fingerprint density at radius 1 is 1.05 bits per heavy atom. The minimum absolute atomic E-state index is 0.597. The van der Waals surface area contributed by atoms with Gasteiger partial charge in [0.15, 0.2) is 5.58 Å². The van der Waals surface area contributed by atoms with Crippen molar-refractivity contribution in [2.45, 2.75) is 6.92 Å². The maximum Gasteiger partial charge on any atom is 0.227 e. The molecule has 4 heteroatoms. The first kappa shape index (κ1) is 13.2. The number of benzene rings is 2. The minimum atomic E-state index is 0.597. The van der Waals surface area contributed by atoms with Crippen LogP contribution in [0.1, 0.15) is 5.56 Å². The Morgan fingerprint density at radius 3 is 2.68 bits per heavy atom. The van der Waals surface area contributed by atoms with Crippen molar-refractivity contribution in [3.63, 3.8) is 0 Å². The molecule has 0 aliphatic rings. The maximum atomic E-state index is 6.18. The summed E-state index contributed by atoms with van der Waals surface area (Å²) in [6.45, 7) is 1.97. The third kappa shape index (κ3) is 2.11. The molecule has 0 amide bonds. The van der Waals surface area contributed by atoms with Crippen LogP contribution >= 0.6 is 11.6 Å². The van der Waals surface area contributed by atoms with E-state index in [1.54, 1.807) is 0 Å². The summed E-state index contributed by atoms with van der Waals surface area (Å²) in [4.78, 5) is 4.57. The highest BCUT2D eigenvalue weighted by Crippen LogP contribution is 2.30. The molecule has 22 heavy (non-hydrogen) atoms. The van der Waals surface area contributed by atoms with E-state index >= 15 is 0 Å². The van der Waals surface area contributed by atoms with E-state index in [0.717, 1.165) is 27.9 Å². The van der Waals surface area contributed by atoms with Crippen LogP contribution in [0.2, 0.25) is 5.02 Å². The van der Waals surface area contributed by atoms with Gasteiger partial charge in [0.25, 0.3) is 0 Å². The topological polar surface area (TPSA) is 31.0 Å². The molecule has 0 N–H and O–H groups in total. The largest absolute Gasteiger partial charge is 0.436 e. The van der Waals surface area contributed by atoms with Gasteiger partial charge in [-0.15, -0.1) is 0 Å². The van der Waals surface area contributed by atoms with Crippen LogP contribution in [0.15, 0.2) is 65.3 Å². The molecule has 0 spiro atoms. The number of oxazole rings is 1. The highest BCUT2D eigenvalue weighted by molar-refractivity contribution is 6.31. The molecule has 0 aliphatic heterocycles. The molecule has 2 heterocycles. The van der Waals surface area contributed by atoms with Gasteiger partial charge in [-0.05, 0) is 48.9 Å². The summed E-state index contributed by atoms with van der Waals surface area (Å²) >= 11 is 6.18. The Labute approximate surface area is 132 Å². The van der Waals surface area contributed by atoms with Crippen molar-refractivity contribution >= 4 is 22.7 Å². The van der Waals surface area contributed by atoms with Gasteiger partial charge in [0.05, 0.1) is 0 Å². The lowest BCUT2D eigenvalue weighted by Crippen LogP contribution is -1.87. The van der Waals surface area contributed by atoms with Crippen LogP contribution in [-0.2, 0) is 0 Å². The molecule has 0 saturated heterocycles. The molecule has 0 bridgehead atoms. The summed E-state index contributed by atoms with van der Waals surface area (Å²) in [5.41, 5.74) is 4.54. The molecule has 2 aromatic carbocycles. The van der Waals surface area contributed by atoms with Crippen LogP contribution in [0.5, 0.6) is 0 Å². The van der Waals surface area contributed by atoms with Gasteiger partial charge in [-0.1, -0.05) is 17.7 Å². The third-order valence-corrected chi connectivity index (χ3v) is 4.18. The number of aromatic nitrogens is 2. The molecule has 2 aromatic heterocycles. The van der Waals surface area contributed by atoms with E-state index in [2.05, 4.69) is 4.98 Å². The predicted molar refractivity (Wildman–Crippen MR) is 88.5 cm³/mol. The van der Waals surface area contributed by atoms with Crippen molar-refractivity contribution in [1.29, 1.82) is 0 Å². The Balaban J connectivity index is 1.86. The van der Waals surface area contributed by atoms with E-state index < -0.39 is 0 Å². The number of rotatable bonds is 2. The Hall–Kier alpha value is -2.52. The van der Waals surface area contributed by atoms with Crippen LogP contribution in [-0.4, -0.2) is 9.55 Å². The second-order valence-electron chi connectivity index (χ2n) is 5.17. The quantitative estimate of drug-likeness (QED) is 0.506. The molecule has 0 radical (unpaired) electrons. The smallest absolute Gasteiger partial charge is 0.227 e. The fourth-order valence-corrected chi connectivity index (χ4v) is 2.71. The van der Waals surface area contributed by atoms with Crippen LogP contribution in [0.3, 0.4) is 0 Å². The lowest BCUT2D eigenvalue weighted by Gasteiger charge is -2.02. The number of nitrogens with zero attached hydrogens (tertiary/aromatic N) is 2.